The number of rotatable bonds is 6. The Morgan fingerprint density at radius 2 is 1.72 bits per heavy atom. The molecule has 0 aromatic carbocycles. The number of morpholine rings is 1. The number of nitrogens with zero attached hydrogens (tertiary/aromatic N) is 2. The van der Waals surface area contributed by atoms with Gasteiger partial charge in [0.2, 0.25) is 5.91 Å². The number of carbonyl (C=O) groups excluding carboxylic acids is 1. The molecule has 146 valence electrons. The van der Waals surface area contributed by atoms with E-state index in [1.807, 2.05) is 0 Å². The Kier molecular flexibility index (Phi) is 7.71. The first-order valence-electron chi connectivity index (χ1n) is 10.2. The van der Waals surface area contributed by atoms with Crippen molar-refractivity contribution in [2.75, 3.05) is 32.7 Å². The van der Waals surface area contributed by atoms with Crippen LogP contribution in [-0.4, -0.2) is 72.7 Å². The summed E-state index contributed by atoms with van der Waals surface area (Å²) in [5.41, 5.74) is 0. The molecule has 1 N–H and O–H groups in total. The van der Waals surface area contributed by atoms with Crippen molar-refractivity contribution in [3.05, 3.63) is 0 Å². The lowest BCUT2D eigenvalue weighted by atomic mass is 9.96. The molecule has 5 heteroatoms. The Labute approximate surface area is 154 Å². The summed E-state index contributed by atoms with van der Waals surface area (Å²) >= 11 is 0. The Hall–Kier alpha value is -0.650. The predicted molar refractivity (Wildman–Crippen MR) is 103 cm³/mol. The number of nitrogens with one attached hydrogen (secondary N) is 1. The van der Waals surface area contributed by atoms with Gasteiger partial charge < -0.3 is 15.0 Å². The van der Waals surface area contributed by atoms with Crippen molar-refractivity contribution in [3.63, 3.8) is 0 Å². The summed E-state index contributed by atoms with van der Waals surface area (Å²) in [7, 11) is 0. The number of likely N-dealkylation sites (tertiary alicyclic amines) is 1. The molecule has 2 rings (SSSR count). The number of amides is 1. The van der Waals surface area contributed by atoms with E-state index in [0.29, 0.717) is 17.9 Å². The molecule has 0 aromatic heterocycles. The van der Waals surface area contributed by atoms with E-state index in [0.717, 1.165) is 26.2 Å². The SMILES string of the molecule is CC1CN(C(C(=O)NCC2CCCN(C(C)C)C2)C(C)C)CC(C)O1. The lowest BCUT2D eigenvalue weighted by Crippen LogP contribution is -2.57. The highest BCUT2D eigenvalue weighted by Crippen LogP contribution is 2.20. The number of piperidine rings is 1. The first kappa shape index (κ1) is 20.7. The largest absolute Gasteiger partial charge is 0.373 e. The highest BCUT2D eigenvalue weighted by molar-refractivity contribution is 5.82. The second-order valence-electron chi connectivity index (χ2n) is 8.74. The van der Waals surface area contributed by atoms with Crippen molar-refractivity contribution in [3.8, 4) is 0 Å². The standard InChI is InChI=1S/C20H39N3O2/c1-14(2)19(23-11-16(5)25-17(6)12-23)20(24)21-10-18-8-7-9-22(13-18)15(3)4/h14-19H,7-13H2,1-6H3,(H,21,24). The van der Waals surface area contributed by atoms with E-state index in [2.05, 4.69) is 56.7 Å². The molecule has 5 nitrogen and oxygen atoms in total. The normalized spacial score (nSPS) is 30.6. The first-order valence-corrected chi connectivity index (χ1v) is 10.2. The quantitative estimate of drug-likeness (QED) is 0.796. The van der Waals surface area contributed by atoms with Gasteiger partial charge in [-0.25, -0.2) is 0 Å². The van der Waals surface area contributed by atoms with Gasteiger partial charge in [0.1, 0.15) is 0 Å². The van der Waals surface area contributed by atoms with Crippen LogP contribution in [0.2, 0.25) is 0 Å². The van der Waals surface area contributed by atoms with E-state index < -0.39 is 0 Å². The molecule has 2 fully saturated rings. The lowest BCUT2D eigenvalue weighted by Gasteiger charge is -2.41. The molecule has 0 aliphatic carbocycles. The third-order valence-electron chi connectivity index (χ3n) is 5.59. The molecule has 4 atom stereocenters. The molecule has 25 heavy (non-hydrogen) atoms. The van der Waals surface area contributed by atoms with Crippen LogP contribution in [0.25, 0.3) is 0 Å². The molecular weight excluding hydrogens is 314 g/mol. The van der Waals surface area contributed by atoms with Crippen molar-refractivity contribution in [2.45, 2.75) is 78.7 Å². The maximum Gasteiger partial charge on any atom is 0.237 e. The maximum atomic E-state index is 12.9. The smallest absolute Gasteiger partial charge is 0.237 e. The van der Waals surface area contributed by atoms with E-state index in [4.69, 9.17) is 4.74 Å². The monoisotopic (exact) mass is 353 g/mol. The molecule has 1 amide bonds. The van der Waals surface area contributed by atoms with Crippen LogP contribution in [0.3, 0.4) is 0 Å². The van der Waals surface area contributed by atoms with E-state index >= 15 is 0 Å². The van der Waals surface area contributed by atoms with Gasteiger partial charge in [0.05, 0.1) is 18.2 Å². The molecule has 0 spiro atoms. The summed E-state index contributed by atoms with van der Waals surface area (Å²) in [6.07, 6.45) is 2.85. The van der Waals surface area contributed by atoms with Gasteiger partial charge >= 0.3 is 0 Å². The van der Waals surface area contributed by atoms with Crippen LogP contribution in [0, 0.1) is 11.8 Å². The minimum Gasteiger partial charge on any atom is -0.373 e. The van der Waals surface area contributed by atoms with E-state index in [-0.39, 0.29) is 24.2 Å². The fourth-order valence-corrected chi connectivity index (χ4v) is 4.42. The highest BCUT2D eigenvalue weighted by Gasteiger charge is 2.34. The van der Waals surface area contributed by atoms with Crippen LogP contribution in [-0.2, 0) is 9.53 Å². The average molecular weight is 354 g/mol. The Bertz CT molecular complexity index is 417. The van der Waals surface area contributed by atoms with Gasteiger partial charge in [-0.05, 0) is 58.9 Å². The molecule has 2 heterocycles. The molecule has 0 saturated carbocycles. The Balaban J connectivity index is 1.90. The molecule has 2 aliphatic rings. The minimum atomic E-state index is -0.0569. The van der Waals surface area contributed by atoms with Gasteiger partial charge in [0.15, 0.2) is 0 Å². The first-order chi connectivity index (χ1) is 11.8. The molecule has 4 unspecified atom stereocenters. The van der Waals surface area contributed by atoms with Gasteiger partial charge in [-0.3, -0.25) is 9.69 Å². The summed E-state index contributed by atoms with van der Waals surface area (Å²) in [6.45, 7) is 17.8. The fraction of sp³-hybridized carbons (Fsp3) is 0.950. The van der Waals surface area contributed by atoms with Crippen molar-refractivity contribution in [1.29, 1.82) is 0 Å². The van der Waals surface area contributed by atoms with Crippen LogP contribution in [0.1, 0.15) is 54.4 Å². The van der Waals surface area contributed by atoms with Crippen LogP contribution in [0.4, 0.5) is 0 Å². The van der Waals surface area contributed by atoms with E-state index in [9.17, 15) is 4.79 Å². The van der Waals surface area contributed by atoms with Gasteiger partial charge in [0, 0.05) is 32.2 Å². The van der Waals surface area contributed by atoms with Crippen LogP contribution < -0.4 is 5.32 Å². The Morgan fingerprint density at radius 3 is 2.28 bits per heavy atom. The van der Waals surface area contributed by atoms with Crippen LogP contribution in [0.5, 0.6) is 0 Å². The Morgan fingerprint density at radius 1 is 1.08 bits per heavy atom. The van der Waals surface area contributed by atoms with Gasteiger partial charge in [0.25, 0.3) is 0 Å². The van der Waals surface area contributed by atoms with Crippen molar-refractivity contribution < 1.29 is 9.53 Å². The van der Waals surface area contributed by atoms with Crippen LogP contribution in [0.15, 0.2) is 0 Å². The van der Waals surface area contributed by atoms with Crippen molar-refractivity contribution in [2.24, 2.45) is 11.8 Å². The summed E-state index contributed by atoms with van der Waals surface area (Å²) in [5.74, 6) is 1.07. The van der Waals surface area contributed by atoms with Crippen molar-refractivity contribution in [1.82, 2.24) is 15.1 Å². The van der Waals surface area contributed by atoms with E-state index in [1.165, 1.54) is 19.4 Å². The topological polar surface area (TPSA) is 44.8 Å². The third-order valence-corrected chi connectivity index (χ3v) is 5.59. The molecule has 2 saturated heterocycles. The molecular formula is C20H39N3O2. The predicted octanol–water partition coefficient (Wildman–Crippen LogP) is 2.36. The summed E-state index contributed by atoms with van der Waals surface area (Å²) in [4.78, 5) is 17.8. The minimum absolute atomic E-state index is 0.0569. The summed E-state index contributed by atoms with van der Waals surface area (Å²) in [6, 6.07) is 0.539. The van der Waals surface area contributed by atoms with Crippen LogP contribution >= 0.6 is 0 Å². The lowest BCUT2D eigenvalue weighted by molar-refractivity contribution is -0.135. The number of ether oxygens (including phenoxy) is 1. The maximum absolute atomic E-state index is 12.9. The van der Waals surface area contributed by atoms with Gasteiger partial charge in [-0.1, -0.05) is 13.8 Å². The molecule has 0 aromatic rings. The zero-order valence-corrected chi connectivity index (χ0v) is 17.1. The zero-order valence-electron chi connectivity index (χ0n) is 17.1. The summed E-state index contributed by atoms with van der Waals surface area (Å²) < 4.78 is 5.84. The molecule has 0 radical (unpaired) electrons. The highest BCUT2D eigenvalue weighted by atomic mass is 16.5. The zero-order chi connectivity index (χ0) is 18.6. The second-order valence-corrected chi connectivity index (χ2v) is 8.74. The molecule has 2 aliphatic heterocycles. The van der Waals surface area contributed by atoms with Gasteiger partial charge in [-0.15, -0.1) is 0 Å². The third kappa shape index (κ3) is 5.93. The number of hydrogen-bond acceptors (Lipinski definition) is 4. The average Bonchev–Trinajstić information content (AvgIpc) is 2.52. The number of carbonyl (C=O) groups is 1. The number of hydrogen-bond donors (Lipinski definition) is 1. The van der Waals surface area contributed by atoms with Crippen molar-refractivity contribution >= 4 is 5.91 Å². The molecule has 0 bridgehead atoms. The van der Waals surface area contributed by atoms with Gasteiger partial charge in [-0.2, -0.15) is 0 Å². The summed E-state index contributed by atoms with van der Waals surface area (Å²) in [5, 5.41) is 3.27. The fourth-order valence-electron chi connectivity index (χ4n) is 4.42. The second kappa shape index (κ2) is 9.33. The van der Waals surface area contributed by atoms with E-state index in [1.54, 1.807) is 0 Å².